The zero-order chi connectivity index (χ0) is 14.8. The lowest BCUT2D eigenvalue weighted by molar-refractivity contribution is 0.417. The van der Waals surface area contributed by atoms with Crippen LogP contribution in [0.5, 0.6) is 0 Å². The average Bonchev–Trinajstić information content (AvgIpc) is 2.87. The van der Waals surface area contributed by atoms with E-state index in [0.29, 0.717) is 11.4 Å². The van der Waals surface area contributed by atoms with E-state index in [2.05, 4.69) is 10.0 Å². The van der Waals surface area contributed by atoms with Crippen molar-refractivity contribution in [2.75, 3.05) is 12.4 Å². The Kier molecular flexibility index (Phi) is 4.32. The molecule has 1 aromatic heterocycles. The van der Waals surface area contributed by atoms with E-state index in [-0.39, 0.29) is 16.7 Å². The van der Waals surface area contributed by atoms with Crippen LogP contribution >= 0.6 is 11.6 Å². The molecule has 2 aromatic rings. The Bertz CT molecular complexity index is 715. The van der Waals surface area contributed by atoms with Crippen LogP contribution in [0.4, 0.5) is 10.1 Å². The monoisotopic (exact) mass is 318 g/mol. The van der Waals surface area contributed by atoms with Crippen molar-refractivity contribution in [2.45, 2.75) is 11.6 Å². The molecular weight excluding hydrogens is 307 g/mol. The molecule has 0 saturated heterocycles. The zero-order valence-corrected chi connectivity index (χ0v) is 12.1. The van der Waals surface area contributed by atoms with Crippen molar-refractivity contribution in [3.8, 4) is 0 Å². The molecule has 0 radical (unpaired) electrons. The van der Waals surface area contributed by atoms with Gasteiger partial charge in [-0.15, -0.1) is 0 Å². The highest BCUT2D eigenvalue weighted by molar-refractivity contribution is 7.89. The number of nitrogens with one attached hydrogen (secondary N) is 2. The largest absolute Gasteiger partial charge is 0.446 e. The molecule has 0 spiro atoms. The minimum atomic E-state index is -3.59. The lowest BCUT2D eigenvalue weighted by Crippen LogP contribution is -2.17. The van der Waals surface area contributed by atoms with Gasteiger partial charge in [-0.3, -0.25) is 0 Å². The summed E-state index contributed by atoms with van der Waals surface area (Å²) >= 11 is 5.86. The van der Waals surface area contributed by atoms with E-state index >= 15 is 0 Å². The molecule has 0 atom stereocenters. The van der Waals surface area contributed by atoms with Gasteiger partial charge in [-0.1, -0.05) is 11.6 Å². The van der Waals surface area contributed by atoms with Crippen molar-refractivity contribution in [3.63, 3.8) is 0 Å². The van der Waals surface area contributed by atoms with Crippen molar-refractivity contribution in [2.24, 2.45) is 0 Å². The first kappa shape index (κ1) is 14.8. The fourth-order valence-corrected chi connectivity index (χ4v) is 2.41. The standard InChI is InChI=1S/C12H12ClFN2O3S/c1-15-20(17,18)12-5-3-9(19-12)7-16-11-4-2-8(14)6-10(11)13/h2-6,15-16H,7H2,1H3. The van der Waals surface area contributed by atoms with Crippen LogP contribution in [0.2, 0.25) is 5.02 Å². The van der Waals surface area contributed by atoms with Gasteiger partial charge in [0.15, 0.2) is 0 Å². The third-order valence-electron chi connectivity index (χ3n) is 2.55. The van der Waals surface area contributed by atoms with E-state index in [4.69, 9.17) is 16.0 Å². The van der Waals surface area contributed by atoms with Gasteiger partial charge in [-0.2, -0.15) is 0 Å². The number of sulfonamides is 1. The van der Waals surface area contributed by atoms with Crippen molar-refractivity contribution >= 4 is 27.3 Å². The second kappa shape index (κ2) is 5.82. The molecule has 0 aliphatic carbocycles. The molecule has 0 aliphatic heterocycles. The Morgan fingerprint density at radius 3 is 2.70 bits per heavy atom. The molecule has 0 unspecified atom stereocenters. The summed E-state index contributed by atoms with van der Waals surface area (Å²) in [5, 5.41) is 3.00. The highest BCUT2D eigenvalue weighted by Crippen LogP contribution is 2.23. The molecule has 2 N–H and O–H groups in total. The number of benzene rings is 1. The van der Waals surface area contributed by atoms with Crippen LogP contribution in [0.25, 0.3) is 0 Å². The molecule has 20 heavy (non-hydrogen) atoms. The van der Waals surface area contributed by atoms with E-state index in [1.54, 1.807) is 0 Å². The first-order valence-electron chi connectivity index (χ1n) is 5.63. The van der Waals surface area contributed by atoms with Gasteiger partial charge >= 0.3 is 0 Å². The first-order valence-corrected chi connectivity index (χ1v) is 7.49. The second-order valence-corrected chi connectivity index (χ2v) is 6.13. The zero-order valence-electron chi connectivity index (χ0n) is 10.5. The van der Waals surface area contributed by atoms with Crippen LogP contribution in [0.15, 0.2) is 39.8 Å². The van der Waals surface area contributed by atoms with Crippen LogP contribution < -0.4 is 10.0 Å². The highest BCUT2D eigenvalue weighted by Gasteiger charge is 2.16. The number of halogens is 2. The first-order chi connectivity index (χ1) is 9.42. The van der Waals surface area contributed by atoms with E-state index in [0.717, 1.165) is 0 Å². The van der Waals surface area contributed by atoms with E-state index < -0.39 is 15.8 Å². The van der Waals surface area contributed by atoms with Gasteiger partial charge in [0.2, 0.25) is 5.09 Å². The van der Waals surface area contributed by atoms with Gasteiger partial charge in [-0.25, -0.2) is 17.5 Å². The summed E-state index contributed by atoms with van der Waals surface area (Å²) in [4.78, 5) is 0. The number of hydrogen-bond acceptors (Lipinski definition) is 4. The van der Waals surface area contributed by atoms with Gasteiger partial charge in [0.1, 0.15) is 11.6 Å². The summed E-state index contributed by atoms with van der Waals surface area (Å²) in [7, 11) is -2.29. The summed E-state index contributed by atoms with van der Waals surface area (Å²) in [5.41, 5.74) is 0.530. The molecule has 0 aliphatic rings. The smallest absolute Gasteiger partial charge is 0.273 e. The predicted molar refractivity (Wildman–Crippen MR) is 73.7 cm³/mol. The van der Waals surface area contributed by atoms with Gasteiger partial charge in [-0.05, 0) is 37.4 Å². The van der Waals surface area contributed by atoms with E-state index in [9.17, 15) is 12.8 Å². The van der Waals surface area contributed by atoms with Crippen LogP contribution in [-0.4, -0.2) is 15.5 Å². The van der Waals surface area contributed by atoms with E-state index in [1.807, 2.05) is 0 Å². The molecule has 0 amide bonds. The fraction of sp³-hybridized carbons (Fsp3) is 0.167. The maximum absolute atomic E-state index is 12.9. The molecule has 108 valence electrons. The quantitative estimate of drug-likeness (QED) is 0.889. The Balaban J connectivity index is 2.08. The Morgan fingerprint density at radius 1 is 1.30 bits per heavy atom. The number of furan rings is 1. The molecule has 1 heterocycles. The minimum Gasteiger partial charge on any atom is -0.446 e. The fourth-order valence-electron chi connectivity index (χ4n) is 1.51. The van der Waals surface area contributed by atoms with Crippen molar-refractivity contribution < 1.29 is 17.2 Å². The molecule has 8 heteroatoms. The summed E-state index contributed by atoms with van der Waals surface area (Å²) in [6, 6.07) is 6.84. The van der Waals surface area contributed by atoms with Crippen LogP contribution in [-0.2, 0) is 16.6 Å². The average molecular weight is 319 g/mol. The molecular formula is C12H12ClFN2O3S. The molecule has 0 fully saturated rings. The SMILES string of the molecule is CNS(=O)(=O)c1ccc(CNc2ccc(F)cc2Cl)o1. The molecule has 2 rings (SSSR count). The van der Waals surface area contributed by atoms with Crippen molar-refractivity contribution in [1.29, 1.82) is 0 Å². The van der Waals surface area contributed by atoms with Crippen molar-refractivity contribution in [1.82, 2.24) is 4.72 Å². The van der Waals surface area contributed by atoms with Gasteiger partial charge in [0.25, 0.3) is 10.0 Å². The lowest BCUT2D eigenvalue weighted by atomic mass is 10.3. The normalized spacial score (nSPS) is 11.6. The third kappa shape index (κ3) is 3.30. The number of hydrogen-bond donors (Lipinski definition) is 2. The third-order valence-corrected chi connectivity index (χ3v) is 4.15. The molecule has 0 bridgehead atoms. The maximum atomic E-state index is 12.9. The van der Waals surface area contributed by atoms with Crippen molar-refractivity contribution in [3.05, 3.63) is 46.9 Å². The predicted octanol–water partition coefficient (Wildman–Crippen LogP) is 2.59. The van der Waals surface area contributed by atoms with Crippen LogP contribution in [0, 0.1) is 5.82 Å². The topological polar surface area (TPSA) is 71.3 Å². The Morgan fingerprint density at radius 2 is 2.05 bits per heavy atom. The number of rotatable bonds is 5. The molecule has 0 saturated carbocycles. The van der Waals surface area contributed by atoms with E-state index in [1.165, 1.54) is 37.4 Å². The summed E-state index contributed by atoms with van der Waals surface area (Å²) in [5.74, 6) is -0.0137. The maximum Gasteiger partial charge on any atom is 0.273 e. The lowest BCUT2D eigenvalue weighted by Gasteiger charge is -2.06. The van der Waals surface area contributed by atoms with Crippen LogP contribution in [0.1, 0.15) is 5.76 Å². The van der Waals surface area contributed by atoms with Gasteiger partial charge < -0.3 is 9.73 Å². The molecule has 1 aromatic carbocycles. The van der Waals surface area contributed by atoms with Gasteiger partial charge in [0.05, 0.1) is 17.3 Å². The second-order valence-electron chi connectivity index (χ2n) is 3.91. The summed E-state index contributed by atoms with van der Waals surface area (Å²) in [6.45, 7) is 0.227. The van der Waals surface area contributed by atoms with Crippen LogP contribution in [0.3, 0.4) is 0 Å². The number of anilines is 1. The highest BCUT2D eigenvalue weighted by atomic mass is 35.5. The summed E-state index contributed by atoms with van der Waals surface area (Å²) < 4.78 is 43.2. The summed E-state index contributed by atoms with van der Waals surface area (Å²) in [6.07, 6.45) is 0. The minimum absolute atomic E-state index is 0.165. The van der Waals surface area contributed by atoms with Gasteiger partial charge in [0, 0.05) is 0 Å². The Hall–Kier alpha value is -1.57. The molecule has 5 nitrogen and oxygen atoms in total. The Labute approximate surface area is 120 Å².